The van der Waals surface area contributed by atoms with Crippen molar-refractivity contribution in [1.29, 1.82) is 0 Å². The van der Waals surface area contributed by atoms with Gasteiger partial charge in [-0.15, -0.1) is 0 Å². The summed E-state index contributed by atoms with van der Waals surface area (Å²) in [6.07, 6.45) is 1.72. The van der Waals surface area contributed by atoms with Crippen LogP contribution in [0, 0.1) is 0 Å². The Kier molecular flexibility index (Phi) is 5.12. The first kappa shape index (κ1) is 12.3. The molecule has 0 fully saturated rings. The number of ether oxygens (including phenoxy) is 1. The smallest absolute Gasteiger partial charge is 0.354 e. The summed E-state index contributed by atoms with van der Waals surface area (Å²) in [6.45, 7) is 4.62. The highest BCUT2D eigenvalue weighted by molar-refractivity contribution is 5.87. The molecule has 0 saturated carbocycles. The largest absolute Gasteiger partial charge is 0.461 e. The first-order valence-corrected chi connectivity index (χ1v) is 5.39. The predicted octanol–water partition coefficient (Wildman–Crippen LogP) is 2.24. The van der Waals surface area contributed by atoms with E-state index in [9.17, 15) is 4.79 Å². The van der Waals surface area contributed by atoms with Crippen LogP contribution in [0.15, 0.2) is 42.1 Å². The Bertz CT molecular complexity index is 357. The number of carbonyl (C=O) groups excluding carboxylic acids is 1. The minimum absolute atomic E-state index is 0.305. The molecular weight excluding hydrogens is 202 g/mol. The average molecular weight is 219 g/mol. The molecule has 0 amide bonds. The van der Waals surface area contributed by atoms with Gasteiger partial charge < -0.3 is 10.1 Å². The zero-order valence-electron chi connectivity index (χ0n) is 9.69. The van der Waals surface area contributed by atoms with Gasteiger partial charge >= 0.3 is 5.97 Å². The van der Waals surface area contributed by atoms with Crippen molar-refractivity contribution in [1.82, 2.24) is 5.32 Å². The summed E-state index contributed by atoms with van der Waals surface area (Å²) in [5.74, 6) is -0.305. The van der Waals surface area contributed by atoms with Crippen LogP contribution in [-0.4, -0.2) is 12.6 Å². The second-order valence-corrected chi connectivity index (χ2v) is 3.26. The van der Waals surface area contributed by atoms with E-state index >= 15 is 0 Å². The minimum atomic E-state index is -0.305. The third-order valence-corrected chi connectivity index (χ3v) is 2.11. The molecule has 0 aliphatic rings. The normalized spacial score (nSPS) is 11.0. The quantitative estimate of drug-likeness (QED) is 0.609. The van der Waals surface area contributed by atoms with E-state index < -0.39 is 0 Å². The van der Waals surface area contributed by atoms with Crippen molar-refractivity contribution in [2.75, 3.05) is 6.61 Å². The van der Waals surface area contributed by atoms with Crippen molar-refractivity contribution >= 4 is 5.97 Å². The molecule has 86 valence electrons. The summed E-state index contributed by atoms with van der Waals surface area (Å²) in [5, 5.41) is 3.06. The first-order chi connectivity index (χ1) is 7.77. The van der Waals surface area contributed by atoms with Crippen LogP contribution in [-0.2, 0) is 16.1 Å². The molecule has 1 aromatic rings. The summed E-state index contributed by atoms with van der Waals surface area (Å²) >= 11 is 0. The molecule has 0 atom stereocenters. The summed E-state index contributed by atoms with van der Waals surface area (Å²) in [4.78, 5) is 11.4. The van der Waals surface area contributed by atoms with E-state index in [1.54, 1.807) is 13.0 Å². The number of carbonyl (C=O) groups is 1. The van der Waals surface area contributed by atoms with Gasteiger partial charge in [0.1, 0.15) is 5.70 Å². The fourth-order valence-electron chi connectivity index (χ4n) is 1.29. The van der Waals surface area contributed by atoms with Gasteiger partial charge in [0.2, 0.25) is 0 Å². The van der Waals surface area contributed by atoms with E-state index in [0.29, 0.717) is 18.8 Å². The van der Waals surface area contributed by atoms with Crippen LogP contribution in [0.2, 0.25) is 0 Å². The molecule has 1 rings (SSSR count). The standard InChI is InChI=1S/C13H17NO2/c1-3-12(13(15)16-4-2)14-10-11-8-6-5-7-9-11/h3,5-9,14H,4,10H2,1-2H3. The van der Waals surface area contributed by atoms with E-state index in [4.69, 9.17) is 4.74 Å². The number of hydrogen-bond acceptors (Lipinski definition) is 3. The Balaban J connectivity index is 2.50. The van der Waals surface area contributed by atoms with Crippen molar-refractivity contribution in [2.24, 2.45) is 0 Å². The van der Waals surface area contributed by atoms with Gasteiger partial charge in [-0.25, -0.2) is 4.79 Å². The third-order valence-electron chi connectivity index (χ3n) is 2.11. The van der Waals surface area contributed by atoms with Crippen molar-refractivity contribution in [3.05, 3.63) is 47.7 Å². The maximum absolute atomic E-state index is 11.4. The molecule has 0 radical (unpaired) electrons. The van der Waals surface area contributed by atoms with Crippen molar-refractivity contribution in [3.8, 4) is 0 Å². The fraction of sp³-hybridized carbons (Fsp3) is 0.308. The highest BCUT2D eigenvalue weighted by Gasteiger charge is 2.07. The van der Waals surface area contributed by atoms with E-state index in [-0.39, 0.29) is 5.97 Å². The van der Waals surface area contributed by atoms with E-state index in [2.05, 4.69) is 5.32 Å². The molecule has 1 aromatic carbocycles. The van der Waals surface area contributed by atoms with E-state index in [0.717, 1.165) is 5.56 Å². The molecular formula is C13H17NO2. The van der Waals surface area contributed by atoms with Gasteiger partial charge in [-0.3, -0.25) is 0 Å². The van der Waals surface area contributed by atoms with Crippen LogP contribution in [0.5, 0.6) is 0 Å². The van der Waals surface area contributed by atoms with E-state index in [1.165, 1.54) is 0 Å². The molecule has 1 N–H and O–H groups in total. The summed E-state index contributed by atoms with van der Waals surface area (Å²) < 4.78 is 4.91. The van der Waals surface area contributed by atoms with Crippen LogP contribution < -0.4 is 5.32 Å². The lowest BCUT2D eigenvalue weighted by atomic mass is 10.2. The lowest BCUT2D eigenvalue weighted by Crippen LogP contribution is -2.21. The fourth-order valence-corrected chi connectivity index (χ4v) is 1.29. The molecule has 16 heavy (non-hydrogen) atoms. The van der Waals surface area contributed by atoms with Crippen molar-refractivity contribution in [3.63, 3.8) is 0 Å². The molecule has 0 bridgehead atoms. The number of nitrogens with one attached hydrogen (secondary N) is 1. The van der Waals surface area contributed by atoms with Crippen LogP contribution >= 0.6 is 0 Å². The topological polar surface area (TPSA) is 38.3 Å². The lowest BCUT2D eigenvalue weighted by molar-refractivity contribution is -0.139. The molecule has 0 heterocycles. The van der Waals surface area contributed by atoms with Gasteiger partial charge in [-0.1, -0.05) is 36.4 Å². The predicted molar refractivity (Wildman–Crippen MR) is 63.7 cm³/mol. The molecule has 3 heteroatoms. The number of rotatable bonds is 5. The third kappa shape index (κ3) is 3.77. The van der Waals surface area contributed by atoms with Crippen LogP contribution in [0.3, 0.4) is 0 Å². The zero-order valence-corrected chi connectivity index (χ0v) is 9.69. The average Bonchev–Trinajstić information content (AvgIpc) is 2.31. The molecule has 3 nitrogen and oxygen atoms in total. The van der Waals surface area contributed by atoms with Crippen LogP contribution in [0.25, 0.3) is 0 Å². The number of allylic oxidation sites excluding steroid dienone is 1. The Labute approximate surface area is 96.1 Å². The maximum Gasteiger partial charge on any atom is 0.354 e. The lowest BCUT2D eigenvalue weighted by Gasteiger charge is -2.09. The van der Waals surface area contributed by atoms with Gasteiger partial charge in [0, 0.05) is 6.54 Å². The Morgan fingerprint density at radius 1 is 1.38 bits per heavy atom. The molecule has 0 aliphatic carbocycles. The zero-order chi connectivity index (χ0) is 11.8. The second-order valence-electron chi connectivity index (χ2n) is 3.26. The first-order valence-electron chi connectivity index (χ1n) is 5.39. The molecule has 0 unspecified atom stereocenters. The molecule has 0 aliphatic heterocycles. The Hall–Kier alpha value is -1.77. The van der Waals surface area contributed by atoms with Crippen LogP contribution in [0.4, 0.5) is 0 Å². The molecule has 0 spiro atoms. The SMILES string of the molecule is CC=C(NCc1ccccc1)C(=O)OCC. The van der Waals surface area contributed by atoms with Crippen molar-refractivity contribution < 1.29 is 9.53 Å². The maximum atomic E-state index is 11.4. The summed E-state index contributed by atoms with van der Waals surface area (Å²) in [5.41, 5.74) is 1.64. The monoisotopic (exact) mass is 219 g/mol. The second kappa shape index (κ2) is 6.67. The summed E-state index contributed by atoms with van der Waals surface area (Å²) in [6, 6.07) is 9.91. The number of esters is 1. The van der Waals surface area contributed by atoms with Gasteiger partial charge in [-0.05, 0) is 19.4 Å². The Morgan fingerprint density at radius 2 is 2.06 bits per heavy atom. The summed E-state index contributed by atoms with van der Waals surface area (Å²) in [7, 11) is 0. The minimum Gasteiger partial charge on any atom is -0.461 e. The number of benzene rings is 1. The van der Waals surface area contributed by atoms with Gasteiger partial charge in [0.15, 0.2) is 0 Å². The van der Waals surface area contributed by atoms with Crippen LogP contribution in [0.1, 0.15) is 19.4 Å². The molecule has 0 aromatic heterocycles. The Morgan fingerprint density at radius 3 is 2.62 bits per heavy atom. The van der Waals surface area contributed by atoms with Crippen molar-refractivity contribution in [2.45, 2.75) is 20.4 Å². The van der Waals surface area contributed by atoms with Gasteiger partial charge in [0.05, 0.1) is 6.61 Å². The highest BCUT2D eigenvalue weighted by atomic mass is 16.5. The number of hydrogen-bond donors (Lipinski definition) is 1. The van der Waals surface area contributed by atoms with E-state index in [1.807, 2.05) is 37.3 Å². The highest BCUT2D eigenvalue weighted by Crippen LogP contribution is 2.00. The van der Waals surface area contributed by atoms with Gasteiger partial charge in [0.25, 0.3) is 0 Å². The van der Waals surface area contributed by atoms with Gasteiger partial charge in [-0.2, -0.15) is 0 Å². The molecule has 0 saturated heterocycles.